The number of hydrogen-bond acceptors (Lipinski definition) is 2. The molecule has 80 valence electrons. The lowest BCUT2D eigenvalue weighted by Gasteiger charge is -2.13. The first-order valence-electron chi connectivity index (χ1n) is 4.98. The van der Waals surface area contributed by atoms with Crippen molar-refractivity contribution < 1.29 is 4.79 Å². The lowest BCUT2D eigenvalue weighted by Crippen LogP contribution is -2.27. The molecule has 0 bridgehead atoms. The first-order valence-corrected chi connectivity index (χ1v) is 4.98. The quantitative estimate of drug-likeness (QED) is 0.726. The monoisotopic (exact) mass is 204 g/mol. The van der Waals surface area contributed by atoms with Crippen LogP contribution in [0.2, 0.25) is 0 Å². The molecular weight excluding hydrogens is 188 g/mol. The zero-order valence-electron chi connectivity index (χ0n) is 9.08. The van der Waals surface area contributed by atoms with Crippen LogP contribution in [0.4, 0.5) is 0 Å². The average molecular weight is 204 g/mol. The molecule has 1 aromatic rings. The Kier molecular flexibility index (Phi) is 4.03. The minimum absolute atomic E-state index is 0.00181. The van der Waals surface area contributed by atoms with Crippen molar-refractivity contribution in [2.75, 3.05) is 0 Å². The molecule has 0 radical (unpaired) electrons. The second-order valence-electron chi connectivity index (χ2n) is 3.66. The maximum absolute atomic E-state index is 11.4. The fourth-order valence-corrected chi connectivity index (χ4v) is 1.36. The van der Waals surface area contributed by atoms with Gasteiger partial charge in [-0.15, -0.1) is 0 Å². The van der Waals surface area contributed by atoms with E-state index in [4.69, 9.17) is 5.41 Å². The highest BCUT2D eigenvalue weighted by Gasteiger charge is 2.08. The van der Waals surface area contributed by atoms with Crippen molar-refractivity contribution in [1.29, 1.82) is 5.41 Å². The second-order valence-corrected chi connectivity index (χ2v) is 3.66. The number of rotatable bonds is 4. The molecule has 0 aliphatic carbocycles. The van der Waals surface area contributed by atoms with Crippen LogP contribution in [0.3, 0.4) is 0 Å². The van der Waals surface area contributed by atoms with E-state index in [0.717, 1.165) is 5.56 Å². The third-order valence-electron chi connectivity index (χ3n) is 2.10. The van der Waals surface area contributed by atoms with Crippen LogP contribution in [0, 0.1) is 5.41 Å². The predicted molar refractivity (Wildman–Crippen MR) is 61.0 cm³/mol. The summed E-state index contributed by atoms with van der Waals surface area (Å²) in [6.07, 6.45) is 0.178. The molecule has 1 rings (SSSR count). The number of hydrogen-bond donors (Lipinski definition) is 2. The first-order chi connectivity index (χ1) is 7.09. The third-order valence-corrected chi connectivity index (χ3v) is 2.10. The van der Waals surface area contributed by atoms with Crippen LogP contribution in [0.5, 0.6) is 0 Å². The van der Waals surface area contributed by atoms with Crippen molar-refractivity contribution in [3.63, 3.8) is 0 Å². The highest BCUT2D eigenvalue weighted by Crippen LogP contribution is 2.10. The number of carbonyl (C=O) groups excluding carboxylic acids is 1. The number of benzene rings is 1. The summed E-state index contributed by atoms with van der Waals surface area (Å²) in [6, 6.07) is 9.78. The summed E-state index contributed by atoms with van der Waals surface area (Å²) in [5.74, 6) is -0.0983. The Morgan fingerprint density at radius 1 is 1.40 bits per heavy atom. The van der Waals surface area contributed by atoms with E-state index < -0.39 is 0 Å². The Labute approximate surface area is 90.0 Å². The van der Waals surface area contributed by atoms with Gasteiger partial charge in [-0.1, -0.05) is 30.3 Å². The minimum atomic E-state index is -0.0983. The van der Waals surface area contributed by atoms with Crippen LogP contribution >= 0.6 is 0 Å². The summed E-state index contributed by atoms with van der Waals surface area (Å²) in [5.41, 5.74) is 1.46. The number of carbonyl (C=O) groups is 1. The minimum Gasteiger partial charge on any atom is -0.349 e. The number of amides is 1. The lowest BCUT2D eigenvalue weighted by atomic mass is 10.1. The molecule has 0 aromatic heterocycles. The first kappa shape index (κ1) is 11.4. The summed E-state index contributed by atoms with van der Waals surface area (Å²) in [7, 11) is 0. The van der Waals surface area contributed by atoms with Crippen molar-refractivity contribution in [3.05, 3.63) is 35.9 Å². The van der Waals surface area contributed by atoms with Gasteiger partial charge in [-0.05, 0) is 19.4 Å². The van der Waals surface area contributed by atoms with Crippen LogP contribution in [0.15, 0.2) is 30.3 Å². The standard InChI is InChI=1S/C12H16N2O/c1-9(13)8-12(15)14-10(2)11-6-4-3-5-7-11/h3-7,10,13H,8H2,1-2H3,(H,14,15)/t10-/m0/s1. The maximum atomic E-state index is 11.4. The lowest BCUT2D eigenvalue weighted by molar-refractivity contribution is -0.120. The Balaban J connectivity index is 2.53. The molecule has 0 saturated heterocycles. The van der Waals surface area contributed by atoms with Gasteiger partial charge in [0.2, 0.25) is 5.91 Å². The summed E-state index contributed by atoms with van der Waals surface area (Å²) in [5, 5.41) is 10.1. The topological polar surface area (TPSA) is 53.0 Å². The summed E-state index contributed by atoms with van der Waals surface area (Å²) >= 11 is 0. The van der Waals surface area contributed by atoms with E-state index >= 15 is 0 Å². The zero-order chi connectivity index (χ0) is 11.3. The molecule has 3 nitrogen and oxygen atoms in total. The van der Waals surface area contributed by atoms with Crippen molar-refractivity contribution in [3.8, 4) is 0 Å². The molecule has 3 heteroatoms. The molecule has 15 heavy (non-hydrogen) atoms. The molecule has 2 N–H and O–H groups in total. The Hall–Kier alpha value is -1.64. The smallest absolute Gasteiger partial charge is 0.226 e. The fourth-order valence-electron chi connectivity index (χ4n) is 1.36. The van der Waals surface area contributed by atoms with E-state index in [1.807, 2.05) is 37.3 Å². The molecule has 0 spiro atoms. The Morgan fingerprint density at radius 3 is 2.53 bits per heavy atom. The molecule has 0 saturated carbocycles. The van der Waals surface area contributed by atoms with Crippen LogP contribution in [0.1, 0.15) is 31.9 Å². The molecule has 0 heterocycles. The largest absolute Gasteiger partial charge is 0.349 e. The van der Waals surface area contributed by atoms with Crippen LogP contribution < -0.4 is 5.32 Å². The zero-order valence-corrected chi connectivity index (χ0v) is 9.08. The van der Waals surface area contributed by atoms with E-state index in [2.05, 4.69) is 5.32 Å². The maximum Gasteiger partial charge on any atom is 0.226 e. The van der Waals surface area contributed by atoms with E-state index in [-0.39, 0.29) is 18.4 Å². The molecule has 1 aromatic carbocycles. The SMILES string of the molecule is CC(=N)CC(=O)N[C@@H](C)c1ccccc1. The van der Waals surface area contributed by atoms with Gasteiger partial charge in [0.25, 0.3) is 0 Å². The van der Waals surface area contributed by atoms with E-state index in [1.165, 1.54) is 0 Å². The van der Waals surface area contributed by atoms with Gasteiger partial charge < -0.3 is 10.7 Å². The Bertz CT molecular complexity index is 346. The third kappa shape index (κ3) is 3.94. The van der Waals surface area contributed by atoms with E-state index in [9.17, 15) is 4.79 Å². The second kappa shape index (κ2) is 5.29. The van der Waals surface area contributed by atoms with Gasteiger partial charge in [0.1, 0.15) is 0 Å². The molecule has 0 unspecified atom stereocenters. The van der Waals surface area contributed by atoms with Crippen molar-refractivity contribution in [1.82, 2.24) is 5.32 Å². The number of nitrogens with one attached hydrogen (secondary N) is 2. The van der Waals surface area contributed by atoms with E-state index in [1.54, 1.807) is 6.92 Å². The van der Waals surface area contributed by atoms with Crippen molar-refractivity contribution in [2.45, 2.75) is 26.3 Å². The van der Waals surface area contributed by atoms with Crippen LogP contribution in [0.25, 0.3) is 0 Å². The molecule has 0 fully saturated rings. The van der Waals surface area contributed by atoms with Gasteiger partial charge in [-0.2, -0.15) is 0 Å². The van der Waals surface area contributed by atoms with Crippen molar-refractivity contribution >= 4 is 11.6 Å². The van der Waals surface area contributed by atoms with E-state index in [0.29, 0.717) is 5.71 Å². The highest BCUT2D eigenvalue weighted by molar-refractivity contribution is 5.98. The fraction of sp³-hybridized carbons (Fsp3) is 0.333. The van der Waals surface area contributed by atoms with Gasteiger partial charge in [0.05, 0.1) is 12.5 Å². The normalized spacial score (nSPS) is 11.9. The van der Waals surface area contributed by atoms with Crippen LogP contribution in [-0.4, -0.2) is 11.6 Å². The molecular formula is C12H16N2O. The average Bonchev–Trinajstić information content (AvgIpc) is 2.17. The van der Waals surface area contributed by atoms with Gasteiger partial charge in [0.15, 0.2) is 0 Å². The molecule has 0 aliphatic rings. The molecule has 1 atom stereocenters. The summed E-state index contributed by atoms with van der Waals surface area (Å²) in [6.45, 7) is 3.57. The van der Waals surface area contributed by atoms with Gasteiger partial charge >= 0.3 is 0 Å². The van der Waals surface area contributed by atoms with Gasteiger partial charge in [0, 0.05) is 5.71 Å². The Morgan fingerprint density at radius 2 is 2.00 bits per heavy atom. The van der Waals surface area contributed by atoms with Crippen molar-refractivity contribution in [2.24, 2.45) is 0 Å². The summed E-state index contributed by atoms with van der Waals surface area (Å²) in [4.78, 5) is 11.4. The summed E-state index contributed by atoms with van der Waals surface area (Å²) < 4.78 is 0. The van der Waals surface area contributed by atoms with Crippen LogP contribution in [-0.2, 0) is 4.79 Å². The molecule has 0 aliphatic heterocycles. The van der Waals surface area contributed by atoms with Gasteiger partial charge in [-0.25, -0.2) is 0 Å². The molecule has 1 amide bonds. The predicted octanol–water partition coefficient (Wildman–Crippen LogP) is 2.29. The highest BCUT2D eigenvalue weighted by atomic mass is 16.1. The van der Waals surface area contributed by atoms with Gasteiger partial charge in [-0.3, -0.25) is 4.79 Å².